The highest BCUT2D eigenvalue weighted by atomic mass is 35.5. The van der Waals surface area contributed by atoms with Crippen LogP contribution in [0, 0.1) is 23.2 Å². The number of phenolic OH excluding ortho intramolecular Hbond substituents is 1. The van der Waals surface area contributed by atoms with Gasteiger partial charge in [0.15, 0.2) is 5.78 Å². The number of nitrogens with zero attached hydrogens (tertiary/aromatic N) is 4. The fraction of sp³-hybridized carbons (Fsp3) is 0.571. The maximum absolute atomic E-state index is 14.1. The molecule has 4 atom stereocenters. The third kappa shape index (κ3) is 29.7. The van der Waals surface area contributed by atoms with Crippen molar-refractivity contribution in [2.45, 2.75) is 189 Å². The summed E-state index contributed by atoms with van der Waals surface area (Å²) < 4.78 is 11.2. The number of hydrogen-bond acceptors (Lipinski definition) is 13. The van der Waals surface area contributed by atoms with Crippen LogP contribution in [0.4, 0.5) is 0 Å². The Morgan fingerprint density at radius 3 is 1.93 bits per heavy atom. The molecule has 3 amide bonds. The molecule has 3 rings (SSSR count). The second-order valence-corrected chi connectivity index (χ2v) is 24.8. The van der Waals surface area contributed by atoms with Gasteiger partial charge in [-0.3, -0.25) is 43.2 Å². The lowest BCUT2D eigenvalue weighted by molar-refractivity contribution is -0.161. The number of nitrogens with one attached hydrogen (secondary N) is 2. The van der Waals surface area contributed by atoms with Crippen molar-refractivity contribution in [2.24, 2.45) is 28.3 Å². The predicted molar refractivity (Wildman–Crippen MR) is 314 cm³/mol. The van der Waals surface area contributed by atoms with Crippen molar-refractivity contribution in [3.05, 3.63) is 111 Å². The summed E-state index contributed by atoms with van der Waals surface area (Å²) >= 11 is 6.32. The molecule has 0 saturated heterocycles. The van der Waals surface area contributed by atoms with E-state index in [0.717, 1.165) is 11.1 Å². The smallest absolute Gasteiger partial charge is 0.309 e. The minimum atomic E-state index is -1.05. The molecule has 3 N–H and O–H groups in total. The Balaban J connectivity index is 1.70. The number of Topliss-reactive ketones (excluding diaryl/α,β-unsaturated/α-hetero) is 4. The predicted octanol–water partition coefficient (Wildman–Crippen LogP) is 11.1. The van der Waals surface area contributed by atoms with Crippen molar-refractivity contribution in [1.29, 1.82) is 0 Å². The van der Waals surface area contributed by atoms with Crippen LogP contribution in [-0.2, 0) is 72.0 Å². The van der Waals surface area contributed by atoms with Crippen molar-refractivity contribution in [2.75, 3.05) is 19.6 Å². The number of amides is 3. The average molecular weight is 1160 g/mol. The Bertz CT molecular complexity index is 2650. The third-order valence-corrected chi connectivity index (χ3v) is 13.3. The monoisotopic (exact) mass is 1150 g/mol. The largest absolute Gasteiger partial charge is 0.508 e. The van der Waals surface area contributed by atoms with Crippen molar-refractivity contribution >= 4 is 64.4 Å². The maximum atomic E-state index is 14.1. The Kier molecular flexibility index (Phi) is 29.2. The third-order valence-electron chi connectivity index (χ3n) is 13.1. The van der Waals surface area contributed by atoms with E-state index in [1.807, 2.05) is 45.0 Å². The van der Waals surface area contributed by atoms with Crippen LogP contribution in [0.1, 0.15) is 169 Å². The highest BCUT2D eigenvalue weighted by molar-refractivity contribution is 6.30. The molecular formula is C63H87ClN6O12. The van der Waals surface area contributed by atoms with Crippen molar-refractivity contribution < 1.29 is 57.7 Å². The topological polar surface area (TPSA) is 268 Å². The molecule has 0 bridgehead atoms. The summed E-state index contributed by atoms with van der Waals surface area (Å²) in [4.78, 5) is 127. The Morgan fingerprint density at radius 1 is 0.659 bits per heavy atom. The number of unbranched alkanes of at least 4 members (excludes halogenated alkanes) is 1. The van der Waals surface area contributed by atoms with Gasteiger partial charge in [0.2, 0.25) is 17.7 Å². The number of benzene rings is 3. The molecule has 18 nitrogen and oxygen atoms in total. The number of carbonyl (C=O) groups excluding carboxylic acids is 9. The quantitative estimate of drug-likeness (QED) is 0.0161. The lowest BCUT2D eigenvalue weighted by Gasteiger charge is -2.26. The van der Waals surface area contributed by atoms with Gasteiger partial charge < -0.3 is 30.1 Å². The van der Waals surface area contributed by atoms with E-state index in [2.05, 4.69) is 20.7 Å². The molecule has 0 unspecified atom stereocenters. The van der Waals surface area contributed by atoms with E-state index in [-0.39, 0.29) is 144 Å². The SMILES string of the molecule is CC(C)(C)CC(=O)[C@H](CCC(=O)OC(C)(C)C)CC(=O)C[C@@H](CCCCN(Cc1cccc(Cl)c1)C(=O)CCC(=O)CCC(=O)N[C@@H](Cc1ccccc1)C(=O)C[C@@H](Cc1ccc(O)cc1)C(=O)NCCCN=[N+]=[N-])C(=O)OC(C)(C)C. The minimum absolute atomic E-state index is 0.0399. The molecule has 448 valence electrons. The number of hydrogen-bond donors (Lipinski definition) is 3. The first-order valence-corrected chi connectivity index (χ1v) is 28.8. The molecule has 0 aliphatic rings. The van der Waals surface area contributed by atoms with Gasteiger partial charge in [0, 0.05) is 106 Å². The number of carbonyl (C=O) groups is 9. The van der Waals surface area contributed by atoms with E-state index >= 15 is 0 Å². The molecule has 3 aromatic carbocycles. The summed E-state index contributed by atoms with van der Waals surface area (Å²) in [7, 11) is 0. The molecule has 19 heteroatoms. The van der Waals surface area contributed by atoms with E-state index in [1.165, 1.54) is 12.1 Å². The Hall–Kier alpha value is -6.91. The van der Waals surface area contributed by atoms with Crippen LogP contribution in [0.3, 0.4) is 0 Å². The van der Waals surface area contributed by atoms with Crippen molar-refractivity contribution in [1.82, 2.24) is 15.5 Å². The number of azide groups is 1. The van der Waals surface area contributed by atoms with E-state index in [9.17, 15) is 48.3 Å². The number of ketones is 4. The zero-order valence-electron chi connectivity index (χ0n) is 49.6. The standard InChI is InChI=1S/C63H87ClN6O12/c1-61(2,3)41-55(75)46(24-31-58(78)81-62(4,5)6)38-52(73)39-47(60(80)82-63(7,8)9)20-13-14-34-70(42-45-19-15-21-49(64)36-45)57(77)30-28-51(72)27-29-56(76)68-53(37-43-17-11-10-12-18-43)54(74)40-48(35-44-22-25-50(71)26-23-44)59(79)66-32-16-33-67-69-65/h10-12,15,17-19,21-23,25-26,36,46-48,53,71H,13-14,16,20,24,27-35,37-42H2,1-9H3,(H,66,79)(H,68,76)/t46-,47-,48-,53+/m1/s1. The van der Waals surface area contributed by atoms with Gasteiger partial charge in [-0.15, -0.1) is 0 Å². The molecule has 0 aliphatic heterocycles. The molecular weight excluding hydrogens is 1070 g/mol. The number of rotatable bonds is 36. The van der Waals surface area contributed by atoms with Crippen LogP contribution in [-0.4, -0.2) is 99.7 Å². The highest BCUT2D eigenvalue weighted by Crippen LogP contribution is 2.28. The number of halogens is 1. The van der Waals surface area contributed by atoms with Crippen molar-refractivity contribution in [3.63, 3.8) is 0 Å². The number of phenols is 1. The number of esters is 2. The fourth-order valence-electron chi connectivity index (χ4n) is 9.14. The molecule has 0 radical (unpaired) electrons. The molecule has 0 spiro atoms. The van der Waals surface area contributed by atoms with Crippen LogP contribution in [0.2, 0.25) is 5.02 Å². The highest BCUT2D eigenvalue weighted by Gasteiger charge is 2.33. The summed E-state index contributed by atoms with van der Waals surface area (Å²) in [6.45, 7) is 17.0. The first-order chi connectivity index (χ1) is 38.5. The van der Waals surface area contributed by atoms with Crippen LogP contribution in [0.25, 0.3) is 10.4 Å². The average Bonchev–Trinajstić information content (AvgIpc) is 3.43. The maximum Gasteiger partial charge on any atom is 0.309 e. The molecule has 0 aliphatic carbocycles. The summed E-state index contributed by atoms with van der Waals surface area (Å²) in [6.07, 6.45) is 0.661. The van der Waals surface area contributed by atoms with Gasteiger partial charge in [-0.1, -0.05) is 98.5 Å². The Labute approximate surface area is 489 Å². The van der Waals surface area contributed by atoms with Gasteiger partial charge in [-0.25, -0.2) is 0 Å². The van der Waals surface area contributed by atoms with Crippen LogP contribution < -0.4 is 10.6 Å². The molecule has 0 heterocycles. The fourth-order valence-corrected chi connectivity index (χ4v) is 9.36. The normalized spacial score (nSPS) is 13.0. The zero-order valence-corrected chi connectivity index (χ0v) is 50.3. The van der Waals surface area contributed by atoms with Gasteiger partial charge in [-0.2, -0.15) is 0 Å². The minimum Gasteiger partial charge on any atom is -0.508 e. The van der Waals surface area contributed by atoms with Gasteiger partial charge in [-0.05, 0) is 132 Å². The summed E-state index contributed by atoms with van der Waals surface area (Å²) in [5, 5.41) is 19.4. The lowest BCUT2D eigenvalue weighted by Crippen LogP contribution is -2.44. The lowest BCUT2D eigenvalue weighted by atomic mass is 9.81. The van der Waals surface area contributed by atoms with Gasteiger partial charge >= 0.3 is 11.9 Å². The number of ether oxygens (including phenoxy) is 2. The first-order valence-electron chi connectivity index (χ1n) is 28.4. The molecule has 0 saturated carbocycles. The van der Waals surface area contributed by atoms with Crippen LogP contribution >= 0.6 is 11.6 Å². The van der Waals surface area contributed by atoms with E-state index in [4.69, 9.17) is 26.6 Å². The summed E-state index contributed by atoms with van der Waals surface area (Å²) in [5.74, 6) is -5.92. The van der Waals surface area contributed by atoms with E-state index < -0.39 is 64.5 Å². The van der Waals surface area contributed by atoms with Crippen molar-refractivity contribution in [3.8, 4) is 5.75 Å². The number of aromatic hydroxyl groups is 1. The van der Waals surface area contributed by atoms with E-state index in [1.54, 1.807) is 88.9 Å². The Morgan fingerprint density at radius 2 is 1.29 bits per heavy atom. The zero-order chi connectivity index (χ0) is 61.0. The second kappa shape index (κ2) is 34.5. The molecule has 0 aromatic heterocycles. The van der Waals surface area contributed by atoms with Gasteiger partial charge in [0.05, 0.1) is 12.0 Å². The van der Waals surface area contributed by atoms with Gasteiger partial charge in [0.1, 0.15) is 34.3 Å². The second-order valence-electron chi connectivity index (χ2n) is 24.3. The van der Waals surface area contributed by atoms with Gasteiger partial charge in [0.25, 0.3) is 0 Å². The summed E-state index contributed by atoms with van der Waals surface area (Å²) in [6, 6.07) is 21.3. The van der Waals surface area contributed by atoms with E-state index in [0.29, 0.717) is 29.8 Å². The molecule has 0 fully saturated rings. The van der Waals surface area contributed by atoms with Crippen LogP contribution in [0.15, 0.2) is 84.0 Å². The first kappa shape index (κ1) is 69.4. The molecule has 3 aromatic rings. The van der Waals surface area contributed by atoms with Crippen LogP contribution in [0.5, 0.6) is 5.75 Å². The molecule has 82 heavy (non-hydrogen) atoms. The summed E-state index contributed by atoms with van der Waals surface area (Å²) in [5.41, 5.74) is 8.90.